The number of sulfonamides is 1. The Morgan fingerprint density at radius 3 is 2.00 bits per heavy atom. The van der Waals surface area contributed by atoms with Crippen LogP contribution in [0.2, 0.25) is 0 Å². The summed E-state index contributed by atoms with van der Waals surface area (Å²) in [5.74, 6) is -0.690. The molecule has 2 atom stereocenters. The predicted octanol–water partition coefficient (Wildman–Crippen LogP) is 4.79. The zero-order valence-corrected chi connectivity index (χ0v) is 19.4. The molecule has 0 saturated carbocycles. The first-order chi connectivity index (χ1) is 15.4. The molecule has 1 aliphatic heterocycles. The largest absolute Gasteiger partial charge is 0.416 e. The van der Waals surface area contributed by atoms with E-state index in [0.29, 0.717) is 22.6 Å². The number of carbonyl (C=O) groups excluding carboxylic acids is 1. The standard InChI is InChI=1S/C23H27F3N2O4S/c1-4-13-27(21-14-20(15(2)3)28(30)22(21)29)33(31,32)19-11-7-17(8-12-19)16-5-9-18(10-6-16)23(24,25)26/h5-12,15,20-21,30H,4,13-14H2,1-3H3/t20-,21+/m0/s1. The molecule has 6 nitrogen and oxygen atoms in total. The van der Waals surface area contributed by atoms with Gasteiger partial charge in [0.1, 0.15) is 6.04 Å². The molecule has 3 rings (SSSR count). The maximum Gasteiger partial charge on any atom is 0.416 e. The summed E-state index contributed by atoms with van der Waals surface area (Å²) in [5, 5.41) is 10.8. The first-order valence-corrected chi connectivity index (χ1v) is 12.1. The molecular formula is C23H27F3N2O4S. The Balaban J connectivity index is 1.88. The minimum atomic E-state index is -4.43. The highest BCUT2D eigenvalue weighted by Crippen LogP contribution is 2.33. The molecule has 0 spiro atoms. The first kappa shape index (κ1) is 25.2. The van der Waals surface area contributed by atoms with E-state index < -0.39 is 39.8 Å². The summed E-state index contributed by atoms with van der Waals surface area (Å²) in [6.07, 6.45) is -3.77. The van der Waals surface area contributed by atoms with Crippen molar-refractivity contribution in [1.29, 1.82) is 0 Å². The van der Waals surface area contributed by atoms with Gasteiger partial charge in [-0.15, -0.1) is 0 Å². The van der Waals surface area contributed by atoms with E-state index in [-0.39, 0.29) is 23.8 Å². The van der Waals surface area contributed by atoms with Crippen molar-refractivity contribution in [3.8, 4) is 11.1 Å². The monoisotopic (exact) mass is 484 g/mol. The topological polar surface area (TPSA) is 77.9 Å². The maximum absolute atomic E-state index is 13.4. The maximum atomic E-state index is 13.4. The van der Waals surface area contributed by atoms with Crippen molar-refractivity contribution in [2.75, 3.05) is 6.54 Å². The minimum absolute atomic E-state index is 0.0306. The molecule has 1 amide bonds. The molecule has 0 aliphatic carbocycles. The second-order valence-corrected chi connectivity index (χ2v) is 10.4. The van der Waals surface area contributed by atoms with Gasteiger partial charge in [-0.1, -0.05) is 45.0 Å². The van der Waals surface area contributed by atoms with Crippen molar-refractivity contribution in [2.24, 2.45) is 5.92 Å². The summed E-state index contributed by atoms with van der Waals surface area (Å²) in [5.41, 5.74) is 0.307. The molecular weight excluding hydrogens is 457 g/mol. The number of halogens is 3. The highest BCUT2D eigenvalue weighted by molar-refractivity contribution is 7.89. The van der Waals surface area contributed by atoms with E-state index in [1.807, 2.05) is 13.8 Å². The summed E-state index contributed by atoms with van der Waals surface area (Å²) < 4.78 is 66.2. The second kappa shape index (κ2) is 9.44. The summed E-state index contributed by atoms with van der Waals surface area (Å²) in [7, 11) is -4.05. The van der Waals surface area contributed by atoms with E-state index in [4.69, 9.17) is 0 Å². The quantitative estimate of drug-likeness (QED) is 0.574. The van der Waals surface area contributed by atoms with E-state index in [0.717, 1.165) is 16.4 Å². The van der Waals surface area contributed by atoms with Crippen molar-refractivity contribution in [3.63, 3.8) is 0 Å². The van der Waals surface area contributed by atoms with Gasteiger partial charge in [-0.05, 0) is 54.2 Å². The van der Waals surface area contributed by atoms with Gasteiger partial charge in [0.15, 0.2) is 0 Å². The van der Waals surface area contributed by atoms with Crippen LogP contribution in [-0.4, -0.2) is 47.5 Å². The Bertz CT molecular complexity index is 1080. The van der Waals surface area contributed by atoms with Gasteiger partial charge >= 0.3 is 6.18 Å². The van der Waals surface area contributed by atoms with Gasteiger partial charge in [-0.25, -0.2) is 13.5 Å². The normalized spacial score (nSPS) is 19.7. The van der Waals surface area contributed by atoms with E-state index in [9.17, 15) is 31.6 Å². The lowest BCUT2D eigenvalue weighted by atomic mass is 10.0. The third-order valence-corrected chi connectivity index (χ3v) is 7.78. The van der Waals surface area contributed by atoms with Gasteiger partial charge in [-0.3, -0.25) is 10.0 Å². The Hall–Kier alpha value is -2.43. The summed E-state index contributed by atoms with van der Waals surface area (Å²) in [4.78, 5) is 12.6. The van der Waals surface area contributed by atoms with E-state index >= 15 is 0 Å². The fraction of sp³-hybridized carbons (Fsp3) is 0.435. The predicted molar refractivity (Wildman–Crippen MR) is 117 cm³/mol. The van der Waals surface area contributed by atoms with E-state index in [1.165, 1.54) is 36.4 Å². The number of carbonyl (C=O) groups is 1. The summed E-state index contributed by atoms with van der Waals surface area (Å²) in [6, 6.07) is 8.92. The number of hydroxylamine groups is 2. The summed E-state index contributed by atoms with van der Waals surface area (Å²) >= 11 is 0. The number of benzene rings is 2. The zero-order chi connectivity index (χ0) is 24.6. The molecule has 1 N–H and O–H groups in total. The van der Waals surface area contributed by atoms with Crippen LogP contribution in [0.25, 0.3) is 11.1 Å². The zero-order valence-electron chi connectivity index (χ0n) is 18.6. The molecule has 33 heavy (non-hydrogen) atoms. The van der Waals surface area contributed by atoms with Crippen LogP contribution in [0.1, 0.15) is 39.2 Å². The van der Waals surface area contributed by atoms with Crippen molar-refractivity contribution in [3.05, 3.63) is 54.1 Å². The smallest absolute Gasteiger partial charge is 0.286 e. The molecule has 0 aromatic heterocycles. The number of rotatable bonds is 7. The van der Waals surface area contributed by atoms with Crippen molar-refractivity contribution >= 4 is 15.9 Å². The van der Waals surface area contributed by atoms with Crippen LogP contribution >= 0.6 is 0 Å². The van der Waals surface area contributed by atoms with Crippen molar-refractivity contribution in [2.45, 2.75) is 56.8 Å². The lowest BCUT2D eigenvalue weighted by molar-refractivity contribution is -0.170. The molecule has 10 heteroatoms. The van der Waals surface area contributed by atoms with Crippen LogP contribution in [0.4, 0.5) is 13.2 Å². The number of alkyl halides is 3. The highest BCUT2D eigenvalue weighted by Gasteiger charge is 2.47. The fourth-order valence-electron chi connectivity index (χ4n) is 4.01. The molecule has 1 aliphatic rings. The number of hydrogen-bond acceptors (Lipinski definition) is 4. The van der Waals surface area contributed by atoms with Gasteiger partial charge < -0.3 is 0 Å². The third kappa shape index (κ3) is 5.07. The molecule has 2 aromatic rings. The Morgan fingerprint density at radius 1 is 1.06 bits per heavy atom. The van der Waals surface area contributed by atoms with Gasteiger partial charge in [0.05, 0.1) is 16.5 Å². The second-order valence-electron chi connectivity index (χ2n) is 8.46. The molecule has 2 aromatic carbocycles. The number of hydrogen-bond donors (Lipinski definition) is 1. The highest BCUT2D eigenvalue weighted by atomic mass is 32.2. The average molecular weight is 485 g/mol. The molecule has 1 heterocycles. The molecule has 0 radical (unpaired) electrons. The van der Waals surface area contributed by atoms with Crippen molar-refractivity contribution in [1.82, 2.24) is 9.37 Å². The Labute approximate surface area is 191 Å². The molecule has 1 fully saturated rings. The lowest BCUT2D eigenvalue weighted by Crippen LogP contribution is -2.45. The lowest BCUT2D eigenvalue weighted by Gasteiger charge is -2.26. The van der Waals surface area contributed by atoms with Crippen LogP contribution in [0.5, 0.6) is 0 Å². The van der Waals surface area contributed by atoms with Crippen molar-refractivity contribution < 1.29 is 31.6 Å². The van der Waals surface area contributed by atoms with Crippen LogP contribution in [0.3, 0.4) is 0 Å². The summed E-state index contributed by atoms with van der Waals surface area (Å²) in [6.45, 7) is 5.61. The van der Waals surface area contributed by atoms with Crippen LogP contribution in [0.15, 0.2) is 53.4 Å². The fourth-order valence-corrected chi connectivity index (χ4v) is 5.70. The first-order valence-electron chi connectivity index (χ1n) is 10.7. The van der Waals surface area contributed by atoms with Crippen LogP contribution in [0, 0.1) is 5.92 Å². The molecule has 0 unspecified atom stereocenters. The van der Waals surface area contributed by atoms with Gasteiger partial charge in [0, 0.05) is 6.54 Å². The average Bonchev–Trinajstić information content (AvgIpc) is 3.06. The van der Waals surface area contributed by atoms with E-state index in [1.54, 1.807) is 6.92 Å². The van der Waals surface area contributed by atoms with E-state index in [2.05, 4.69) is 0 Å². The Morgan fingerprint density at radius 2 is 1.58 bits per heavy atom. The Kier molecular flexibility index (Phi) is 7.21. The molecule has 0 bridgehead atoms. The van der Waals surface area contributed by atoms with Gasteiger partial charge in [-0.2, -0.15) is 17.5 Å². The SMILES string of the molecule is CCCN([C@@H]1C[C@@H](C(C)C)N(O)C1=O)S(=O)(=O)c1ccc(-c2ccc(C(F)(F)F)cc2)cc1. The molecule has 180 valence electrons. The minimum Gasteiger partial charge on any atom is -0.286 e. The number of amides is 1. The number of nitrogens with zero attached hydrogens (tertiary/aromatic N) is 2. The van der Waals surface area contributed by atoms with Gasteiger partial charge in [0.25, 0.3) is 5.91 Å². The third-order valence-electron chi connectivity index (χ3n) is 5.86. The molecule has 1 saturated heterocycles. The van der Waals surface area contributed by atoms with Gasteiger partial charge in [0.2, 0.25) is 10.0 Å². The van der Waals surface area contributed by atoms with Crippen LogP contribution < -0.4 is 0 Å². The van der Waals surface area contributed by atoms with Crippen LogP contribution in [-0.2, 0) is 21.0 Å².